The summed E-state index contributed by atoms with van der Waals surface area (Å²) in [6.07, 6.45) is 0. The van der Waals surface area contributed by atoms with Gasteiger partial charge in [-0.15, -0.1) is 11.3 Å². The molecule has 2 aromatic rings. The Labute approximate surface area is 140 Å². The lowest BCUT2D eigenvalue weighted by Gasteiger charge is -2.12. The van der Waals surface area contributed by atoms with Crippen molar-refractivity contribution < 1.29 is 14.7 Å². The van der Waals surface area contributed by atoms with E-state index in [1.165, 1.54) is 0 Å². The molecule has 2 rings (SSSR count). The van der Waals surface area contributed by atoms with Gasteiger partial charge < -0.3 is 10.4 Å². The quantitative estimate of drug-likeness (QED) is 0.844. The Bertz CT molecular complexity index is 742. The van der Waals surface area contributed by atoms with E-state index in [9.17, 15) is 9.59 Å². The molecule has 0 aliphatic heterocycles. The van der Waals surface area contributed by atoms with Crippen LogP contribution >= 0.6 is 27.3 Å². The van der Waals surface area contributed by atoms with Crippen molar-refractivity contribution in [3.8, 4) is 0 Å². The van der Waals surface area contributed by atoms with Gasteiger partial charge >= 0.3 is 5.97 Å². The van der Waals surface area contributed by atoms with Crippen molar-refractivity contribution in [2.24, 2.45) is 0 Å². The molecule has 116 valence electrons. The third-order valence-corrected chi connectivity index (χ3v) is 5.36. The lowest BCUT2D eigenvalue weighted by molar-refractivity contribution is 0.0701. The van der Waals surface area contributed by atoms with E-state index < -0.39 is 5.97 Å². The topological polar surface area (TPSA) is 79.3 Å². The van der Waals surface area contributed by atoms with Gasteiger partial charge in [0.2, 0.25) is 0 Å². The van der Waals surface area contributed by atoms with Gasteiger partial charge in [0.1, 0.15) is 9.88 Å². The van der Waals surface area contributed by atoms with Gasteiger partial charge in [-0.25, -0.2) is 9.78 Å². The Morgan fingerprint density at radius 1 is 1.36 bits per heavy atom. The van der Waals surface area contributed by atoms with Crippen LogP contribution in [0.3, 0.4) is 0 Å². The number of hydrogen-bond acceptors (Lipinski definition) is 4. The number of aromatic nitrogens is 1. The molecule has 1 aromatic carbocycles. The molecule has 2 N–H and O–H groups in total. The minimum Gasteiger partial charge on any atom is -0.477 e. The molecule has 7 heteroatoms. The molecule has 0 fully saturated rings. The fraction of sp³-hybridized carbons (Fsp3) is 0.267. The largest absolute Gasteiger partial charge is 0.477 e. The average molecular weight is 383 g/mol. The molecule has 0 aliphatic carbocycles. The number of carbonyl (C=O) groups excluding carboxylic acids is 1. The molecule has 0 saturated carbocycles. The maximum absolute atomic E-state index is 12.3. The first kappa shape index (κ1) is 16.6. The number of aromatic carboxylic acids is 1. The Morgan fingerprint density at radius 2 is 2.05 bits per heavy atom. The molecule has 1 atom stereocenters. The molecule has 22 heavy (non-hydrogen) atoms. The maximum Gasteiger partial charge on any atom is 0.347 e. The predicted molar refractivity (Wildman–Crippen MR) is 88.6 cm³/mol. The van der Waals surface area contributed by atoms with Crippen LogP contribution < -0.4 is 5.32 Å². The van der Waals surface area contributed by atoms with Crippen LogP contribution in [0.15, 0.2) is 22.7 Å². The summed E-state index contributed by atoms with van der Waals surface area (Å²) in [7, 11) is 0. The van der Waals surface area contributed by atoms with Crippen LogP contribution in [0.4, 0.5) is 0 Å². The monoisotopic (exact) mass is 382 g/mol. The normalized spacial score (nSPS) is 12.0. The van der Waals surface area contributed by atoms with E-state index in [-0.39, 0.29) is 16.8 Å². The molecule has 5 nitrogen and oxygen atoms in total. The van der Waals surface area contributed by atoms with Crippen molar-refractivity contribution in [2.45, 2.75) is 26.8 Å². The number of nitrogens with zero attached hydrogens (tertiary/aromatic N) is 1. The first-order valence-corrected chi connectivity index (χ1v) is 8.18. The fourth-order valence-corrected chi connectivity index (χ4v) is 3.08. The zero-order chi connectivity index (χ0) is 16.4. The second-order valence-corrected chi connectivity index (χ2v) is 6.82. The van der Waals surface area contributed by atoms with Crippen molar-refractivity contribution in [2.75, 3.05) is 0 Å². The molecule has 1 aromatic heterocycles. The standard InChI is InChI=1S/C15H15BrN2O3S/c1-7-6-10(4-5-11(7)16)13(19)17-9(3)14-18-8(2)12(22-14)15(20)21/h4-6,9H,1-3H3,(H,17,19)(H,20,21). The molecular formula is C15H15BrN2O3S. The minimum atomic E-state index is -0.997. The number of nitrogens with one attached hydrogen (secondary N) is 1. The number of aryl methyl sites for hydroxylation is 2. The Kier molecular flexibility index (Phi) is 4.97. The summed E-state index contributed by atoms with van der Waals surface area (Å²) in [5.74, 6) is -1.21. The number of hydrogen-bond donors (Lipinski definition) is 2. The van der Waals surface area contributed by atoms with Crippen molar-refractivity contribution >= 4 is 39.1 Å². The number of rotatable bonds is 4. The van der Waals surface area contributed by atoms with Crippen LogP contribution in [0.25, 0.3) is 0 Å². The van der Waals surface area contributed by atoms with Gasteiger partial charge in [-0.3, -0.25) is 4.79 Å². The number of carboxylic acids is 1. The molecular weight excluding hydrogens is 368 g/mol. The number of benzene rings is 1. The van der Waals surface area contributed by atoms with Gasteiger partial charge in [-0.05, 0) is 44.5 Å². The Hall–Kier alpha value is -1.73. The molecule has 1 amide bonds. The maximum atomic E-state index is 12.3. The summed E-state index contributed by atoms with van der Waals surface area (Å²) < 4.78 is 0.943. The van der Waals surface area contributed by atoms with E-state index in [4.69, 9.17) is 5.11 Å². The van der Waals surface area contributed by atoms with Crippen molar-refractivity contribution in [3.05, 3.63) is 49.4 Å². The predicted octanol–water partition coefficient (Wildman–Crippen LogP) is 3.71. The van der Waals surface area contributed by atoms with Gasteiger partial charge in [0.15, 0.2) is 0 Å². The van der Waals surface area contributed by atoms with E-state index >= 15 is 0 Å². The highest BCUT2D eigenvalue weighted by Crippen LogP contribution is 2.24. The molecule has 0 spiro atoms. The Morgan fingerprint density at radius 3 is 2.59 bits per heavy atom. The van der Waals surface area contributed by atoms with Gasteiger partial charge in [-0.2, -0.15) is 0 Å². The van der Waals surface area contributed by atoms with Gasteiger partial charge in [-0.1, -0.05) is 15.9 Å². The number of thiazole rings is 1. The second kappa shape index (κ2) is 6.58. The summed E-state index contributed by atoms with van der Waals surface area (Å²) in [5, 5.41) is 12.5. The van der Waals surface area contributed by atoms with Crippen LogP contribution in [-0.4, -0.2) is 22.0 Å². The van der Waals surface area contributed by atoms with E-state index in [2.05, 4.69) is 26.2 Å². The van der Waals surface area contributed by atoms with E-state index in [1.807, 2.05) is 13.0 Å². The van der Waals surface area contributed by atoms with E-state index in [0.717, 1.165) is 21.4 Å². The smallest absolute Gasteiger partial charge is 0.347 e. The molecule has 0 radical (unpaired) electrons. The van der Waals surface area contributed by atoms with Crippen molar-refractivity contribution in [1.29, 1.82) is 0 Å². The molecule has 0 bridgehead atoms. The summed E-state index contributed by atoms with van der Waals surface area (Å²) in [6, 6.07) is 5.00. The summed E-state index contributed by atoms with van der Waals surface area (Å²) in [5.41, 5.74) is 1.99. The molecule has 0 aliphatic rings. The van der Waals surface area contributed by atoms with E-state index in [1.54, 1.807) is 26.0 Å². The number of carbonyl (C=O) groups is 2. The van der Waals surface area contributed by atoms with Crippen LogP contribution in [-0.2, 0) is 0 Å². The third-order valence-electron chi connectivity index (χ3n) is 3.15. The van der Waals surface area contributed by atoms with Crippen molar-refractivity contribution in [1.82, 2.24) is 10.3 Å². The minimum absolute atomic E-state index is 0.204. The number of amides is 1. The number of halogens is 1. The highest BCUT2D eigenvalue weighted by atomic mass is 79.9. The highest BCUT2D eigenvalue weighted by Gasteiger charge is 2.19. The molecule has 1 heterocycles. The first-order chi connectivity index (χ1) is 10.3. The molecule has 1 unspecified atom stereocenters. The third kappa shape index (κ3) is 3.53. The van der Waals surface area contributed by atoms with Crippen molar-refractivity contribution in [3.63, 3.8) is 0 Å². The second-order valence-electron chi connectivity index (χ2n) is 4.93. The van der Waals surface area contributed by atoms with Crippen LogP contribution in [0.2, 0.25) is 0 Å². The highest BCUT2D eigenvalue weighted by molar-refractivity contribution is 9.10. The zero-order valence-electron chi connectivity index (χ0n) is 12.3. The number of carboxylic acid groups (broad SMARTS) is 1. The van der Waals surface area contributed by atoms with Gasteiger partial charge in [0.05, 0.1) is 11.7 Å². The fourth-order valence-electron chi connectivity index (χ4n) is 1.93. The SMILES string of the molecule is Cc1cc(C(=O)NC(C)c2nc(C)c(C(=O)O)s2)ccc1Br. The first-order valence-electron chi connectivity index (χ1n) is 6.57. The van der Waals surface area contributed by atoms with Gasteiger partial charge in [0, 0.05) is 10.0 Å². The van der Waals surface area contributed by atoms with Crippen LogP contribution in [0.1, 0.15) is 49.3 Å². The van der Waals surface area contributed by atoms with E-state index in [0.29, 0.717) is 16.3 Å². The van der Waals surface area contributed by atoms with Crippen LogP contribution in [0.5, 0.6) is 0 Å². The lowest BCUT2D eigenvalue weighted by Crippen LogP contribution is -2.26. The lowest BCUT2D eigenvalue weighted by atomic mass is 10.1. The average Bonchev–Trinajstić information content (AvgIpc) is 2.84. The van der Waals surface area contributed by atoms with Crippen LogP contribution in [0, 0.1) is 13.8 Å². The Balaban J connectivity index is 2.15. The summed E-state index contributed by atoms with van der Waals surface area (Å²) in [4.78, 5) is 27.7. The summed E-state index contributed by atoms with van der Waals surface area (Å²) >= 11 is 4.48. The zero-order valence-corrected chi connectivity index (χ0v) is 14.7. The summed E-state index contributed by atoms with van der Waals surface area (Å²) in [6.45, 7) is 5.34. The molecule has 0 saturated heterocycles. The van der Waals surface area contributed by atoms with Gasteiger partial charge in [0.25, 0.3) is 5.91 Å².